The van der Waals surface area contributed by atoms with Crippen LogP contribution in [0.15, 0.2) is 41.0 Å². The van der Waals surface area contributed by atoms with Gasteiger partial charge in [-0.25, -0.2) is 9.18 Å². The number of halogens is 1. The van der Waals surface area contributed by atoms with Crippen molar-refractivity contribution in [2.75, 3.05) is 0 Å². The van der Waals surface area contributed by atoms with Gasteiger partial charge < -0.3 is 9.84 Å². The minimum absolute atomic E-state index is 0.103. The maximum Gasteiger partial charge on any atom is 0.334 e. The number of benzene rings is 1. The van der Waals surface area contributed by atoms with Crippen LogP contribution >= 0.6 is 0 Å². The van der Waals surface area contributed by atoms with Crippen molar-refractivity contribution in [3.8, 4) is 0 Å². The largest absolute Gasteiger partial charge is 0.458 e. The van der Waals surface area contributed by atoms with Crippen LogP contribution in [0, 0.1) is 17.7 Å². The summed E-state index contributed by atoms with van der Waals surface area (Å²) in [5.41, 5.74) is 2.63. The number of carbonyl (C=O) groups excluding carboxylic acids is 1. The lowest BCUT2D eigenvalue weighted by molar-refractivity contribution is -0.144. The molecule has 25 heavy (non-hydrogen) atoms. The van der Waals surface area contributed by atoms with Crippen LogP contribution in [-0.2, 0) is 9.53 Å². The molecule has 4 atom stereocenters. The first-order valence-electron chi connectivity index (χ1n) is 8.96. The molecule has 4 rings (SSSR count). The van der Waals surface area contributed by atoms with E-state index in [0.29, 0.717) is 17.6 Å². The summed E-state index contributed by atoms with van der Waals surface area (Å²) in [5.74, 6) is -0.979. The first-order chi connectivity index (χ1) is 11.9. The molecule has 1 aromatic rings. The van der Waals surface area contributed by atoms with E-state index in [-0.39, 0.29) is 29.7 Å². The monoisotopic (exact) mass is 342 g/mol. The highest BCUT2D eigenvalue weighted by atomic mass is 19.1. The number of allylic oxidation sites excluding steroid dienone is 1. The number of aliphatic hydroxyl groups is 1. The lowest BCUT2D eigenvalue weighted by Crippen LogP contribution is -2.40. The van der Waals surface area contributed by atoms with E-state index in [9.17, 15) is 14.3 Å². The average Bonchev–Trinajstić information content (AvgIpc) is 2.98. The summed E-state index contributed by atoms with van der Waals surface area (Å²) in [4.78, 5) is 12.5. The summed E-state index contributed by atoms with van der Waals surface area (Å²) in [6.07, 6.45) is 4.50. The van der Waals surface area contributed by atoms with Crippen LogP contribution in [-0.4, -0.2) is 22.8 Å². The molecule has 3 aliphatic rings. The van der Waals surface area contributed by atoms with Gasteiger partial charge >= 0.3 is 5.97 Å². The normalized spacial score (nSPS) is 36.2. The molecule has 2 fully saturated rings. The van der Waals surface area contributed by atoms with Crippen LogP contribution in [0.5, 0.6) is 0 Å². The fourth-order valence-corrected chi connectivity index (χ4v) is 4.79. The molecule has 1 aliphatic heterocycles. The first kappa shape index (κ1) is 16.5. The molecule has 4 heteroatoms. The van der Waals surface area contributed by atoms with Crippen molar-refractivity contribution in [2.24, 2.45) is 11.8 Å². The Morgan fingerprint density at radius 3 is 2.84 bits per heavy atom. The number of carbonyl (C=O) groups is 1. The summed E-state index contributed by atoms with van der Waals surface area (Å²) in [6, 6.07) is 6.45. The topological polar surface area (TPSA) is 46.5 Å². The van der Waals surface area contributed by atoms with Gasteiger partial charge in [0, 0.05) is 23.0 Å². The van der Waals surface area contributed by atoms with Crippen molar-refractivity contribution in [3.05, 3.63) is 52.4 Å². The number of hydrogen-bond acceptors (Lipinski definition) is 3. The molecule has 1 saturated carbocycles. The minimum Gasteiger partial charge on any atom is -0.458 e. The Morgan fingerprint density at radius 2 is 2.08 bits per heavy atom. The highest BCUT2D eigenvalue weighted by Crippen LogP contribution is 2.52. The van der Waals surface area contributed by atoms with E-state index in [1.807, 2.05) is 6.92 Å². The van der Waals surface area contributed by atoms with Gasteiger partial charge in [-0.15, -0.1) is 0 Å². The van der Waals surface area contributed by atoms with Crippen LogP contribution in [0.25, 0.3) is 6.08 Å². The second-order valence-corrected chi connectivity index (χ2v) is 7.78. The maximum atomic E-state index is 14.0. The van der Waals surface area contributed by atoms with Gasteiger partial charge in [-0.2, -0.15) is 0 Å². The molecule has 0 bridgehead atoms. The molecule has 1 saturated heterocycles. The van der Waals surface area contributed by atoms with E-state index < -0.39 is 5.60 Å². The van der Waals surface area contributed by atoms with Crippen molar-refractivity contribution in [3.63, 3.8) is 0 Å². The van der Waals surface area contributed by atoms with Crippen LogP contribution in [0.2, 0.25) is 0 Å². The molecule has 3 nitrogen and oxygen atoms in total. The Morgan fingerprint density at radius 1 is 1.32 bits per heavy atom. The van der Waals surface area contributed by atoms with Gasteiger partial charge in [0.15, 0.2) is 0 Å². The third kappa shape index (κ3) is 2.63. The van der Waals surface area contributed by atoms with Gasteiger partial charge in [-0.1, -0.05) is 29.3 Å². The van der Waals surface area contributed by atoms with E-state index in [0.717, 1.165) is 19.3 Å². The van der Waals surface area contributed by atoms with E-state index >= 15 is 0 Å². The number of hydrogen-bond donors (Lipinski definition) is 1. The standard InChI is InChI=1S/C21H23FO3/c1-12-7-8-15-16(11-13-5-3-4-6-17(13)22)20(23)25-19(15)18-14(12)9-10-21(18,2)24/h3-6,11,15,18-19,24H,7-10H2,1-2H3/b16-11+/t15-,18-,19-,21+/m0/s1. The molecule has 132 valence electrons. The van der Waals surface area contributed by atoms with Crippen LogP contribution in [0.3, 0.4) is 0 Å². The van der Waals surface area contributed by atoms with Gasteiger partial charge in [0.1, 0.15) is 11.9 Å². The molecular formula is C21H23FO3. The van der Waals surface area contributed by atoms with Gasteiger partial charge in [0.2, 0.25) is 0 Å². The highest BCUT2D eigenvalue weighted by Gasteiger charge is 2.54. The van der Waals surface area contributed by atoms with Gasteiger partial charge in [0.05, 0.1) is 5.60 Å². The molecule has 0 unspecified atom stereocenters. The number of rotatable bonds is 1. The van der Waals surface area contributed by atoms with Gasteiger partial charge in [-0.05, 0) is 51.7 Å². The summed E-state index contributed by atoms with van der Waals surface area (Å²) < 4.78 is 19.8. The molecular weight excluding hydrogens is 319 g/mol. The SMILES string of the molecule is CC1=C2CC[C@@](C)(O)[C@@H]2[C@H]2OC(=O)/C(=C/c3ccccc3F)[C@@H]2CC1. The van der Waals surface area contributed by atoms with Gasteiger partial charge in [0.25, 0.3) is 0 Å². The second-order valence-electron chi connectivity index (χ2n) is 7.78. The van der Waals surface area contributed by atoms with Crippen molar-refractivity contribution in [1.29, 1.82) is 0 Å². The lowest BCUT2D eigenvalue weighted by atomic mass is 9.79. The number of esters is 1. The van der Waals surface area contributed by atoms with Crippen LogP contribution in [0.4, 0.5) is 4.39 Å². The zero-order valence-corrected chi connectivity index (χ0v) is 14.6. The lowest BCUT2D eigenvalue weighted by Gasteiger charge is -2.32. The van der Waals surface area contributed by atoms with Crippen molar-refractivity contribution in [2.45, 2.75) is 51.2 Å². The summed E-state index contributed by atoms with van der Waals surface area (Å²) in [5, 5.41) is 10.9. The van der Waals surface area contributed by atoms with E-state index in [2.05, 4.69) is 6.92 Å². The molecule has 0 spiro atoms. The molecule has 1 heterocycles. The molecule has 0 amide bonds. The van der Waals surface area contributed by atoms with Crippen LogP contribution in [0.1, 0.15) is 45.1 Å². The minimum atomic E-state index is -0.864. The quantitative estimate of drug-likeness (QED) is 0.476. The Labute approximate surface area is 147 Å². The van der Waals surface area contributed by atoms with E-state index in [1.54, 1.807) is 24.3 Å². The van der Waals surface area contributed by atoms with Crippen LogP contribution < -0.4 is 0 Å². The third-order valence-electron chi connectivity index (χ3n) is 6.14. The molecule has 0 aromatic heterocycles. The highest BCUT2D eigenvalue weighted by molar-refractivity contribution is 5.96. The third-order valence-corrected chi connectivity index (χ3v) is 6.14. The number of ether oxygens (including phenoxy) is 1. The Bertz CT molecular complexity index is 790. The molecule has 0 radical (unpaired) electrons. The predicted octanol–water partition coefficient (Wildman–Crippen LogP) is 4.02. The number of fused-ring (bicyclic) bond motifs is 3. The Balaban J connectivity index is 1.76. The summed E-state index contributed by atoms with van der Waals surface area (Å²) >= 11 is 0. The maximum absolute atomic E-state index is 14.0. The Kier molecular flexibility index (Phi) is 3.84. The van der Waals surface area contributed by atoms with E-state index in [1.165, 1.54) is 17.2 Å². The summed E-state index contributed by atoms with van der Waals surface area (Å²) in [6.45, 7) is 3.96. The zero-order valence-electron chi connectivity index (χ0n) is 14.6. The van der Waals surface area contributed by atoms with Gasteiger partial charge in [-0.3, -0.25) is 0 Å². The van der Waals surface area contributed by atoms with Crippen molar-refractivity contribution in [1.82, 2.24) is 0 Å². The first-order valence-corrected chi connectivity index (χ1v) is 8.96. The van der Waals surface area contributed by atoms with Crippen molar-refractivity contribution < 1.29 is 19.0 Å². The van der Waals surface area contributed by atoms with E-state index in [4.69, 9.17) is 4.74 Å². The second kappa shape index (κ2) is 5.80. The molecule has 1 aromatic carbocycles. The fourth-order valence-electron chi connectivity index (χ4n) is 4.79. The average molecular weight is 342 g/mol. The molecule has 2 aliphatic carbocycles. The summed E-state index contributed by atoms with van der Waals surface area (Å²) in [7, 11) is 0. The molecule has 1 N–H and O–H groups in total. The predicted molar refractivity (Wildman–Crippen MR) is 93.0 cm³/mol. The van der Waals surface area contributed by atoms with Crippen molar-refractivity contribution >= 4 is 12.0 Å². The Hall–Kier alpha value is -1.94. The smallest absolute Gasteiger partial charge is 0.334 e. The zero-order chi connectivity index (χ0) is 17.8. The fraction of sp³-hybridized carbons (Fsp3) is 0.476.